The summed E-state index contributed by atoms with van der Waals surface area (Å²) < 4.78 is 1.53. The molecule has 1 amide bonds. The number of carbonyl (C=O) groups is 2. The van der Waals surface area contributed by atoms with Crippen LogP contribution in [0.5, 0.6) is 0 Å². The van der Waals surface area contributed by atoms with Crippen molar-refractivity contribution in [2.75, 3.05) is 0 Å². The highest BCUT2D eigenvalue weighted by atomic mass is 79.9. The van der Waals surface area contributed by atoms with Gasteiger partial charge in [0.05, 0.1) is 0 Å². The van der Waals surface area contributed by atoms with Crippen LogP contribution in [-0.2, 0) is 4.79 Å². The van der Waals surface area contributed by atoms with Crippen molar-refractivity contribution in [2.24, 2.45) is 5.92 Å². The number of aliphatic carboxylic acids is 1. The van der Waals surface area contributed by atoms with Crippen molar-refractivity contribution in [3.63, 3.8) is 0 Å². The highest BCUT2D eigenvalue weighted by molar-refractivity contribution is 9.11. The van der Waals surface area contributed by atoms with Crippen LogP contribution >= 0.6 is 31.9 Å². The number of carboxylic acids is 1. The summed E-state index contributed by atoms with van der Waals surface area (Å²) in [5.41, 5.74) is 0.434. The molecule has 1 saturated carbocycles. The lowest BCUT2D eigenvalue weighted by Crippen LogP contribution is -2.41. The molecule has 0 saturated heterocycles. The predicted octanol–water partition coefficient (Wildman–Crippen LogP) is 3.19. The number of halogens is 2. The van der Waals surface area contributed by atoms with Gasteiger partial charge in [-0.15, -0.1) is 0 Å². The van der Waals surface area contributed by atoms with Crippen LogP contribution < -0.4 is 5.32 Å². The third-order valence-electron chi connectivity index (χ3n) is 2.99. The largest absolute Gasteiger partial charge is 0.480 e. The Morgan fingerprint density at radius 1 is 1.26 bits per heavy atom. The van der Waals surface area contributed by atoms with Crippen LogP contribution in [0.15, 0.2) is 27.1 Å². The van der Waals surface area contributed by atoms with Crippen LogP contribution in [0.4, 0.5) is 0 Å². The van der Waals surface area contributed by atoms with E-state index in [1.165, 1.54) is 0 Å². The zero-order valence-corrected chi connectivity index (χ0v) is 13.2. The lowest BCUT2D eigenvalue weighted by Gasteiger charge is -2.14. The molecule has 6 heteroatoms. The Morgan fingerprint density at radius 2 is 1.84 bits per heavy atom. The predicted molar refractivity (Wildman–Crippen MR) is 78.1 cm³/mol. The third-order valence-corrected chi connectivity index (χ3v) is 3.91. The van der Waals surface area contributed by atoms with Crippen molar-refractivity contribution in [1.82, 2.24) is 5.32 Å². The summed E-state index contributed by atoms with van der Waals surface area (Å²) in [5.74, 6) is -0.903. The van der Waals surface area contributed by atoms with E-state index in [1.54, 1.807) is 12.1 Å². The summed E-state index contributed by atoms with van der Waals surface area (Å²) in [7, 11) is 0. The van der Waals surface area contributed by atoms with Gasteiger partial charge in [0.25, 0.3) is 5.91 Å². The summed E-state index contributed by atoms with van der Waals surface area (Å²) in [6, 6.07) is 4.33. The molecule has 19 heavy (non-hydrogen) atoms. The van der Waals surface area contributed by atoms with Crippen LogP contribution in [0.3, 0.4) is 0 Å². The van der Waals surface area contributed by atoms with E-state index < -0.39 is 12.0 Å². The van der Waals surface area contributed by atoms with Crippen molar-refractivity contribution >= 4 is 43.7 Å². The first kappa shape index (κ1) is 14.5. The van der Waals surface area contributed by atoms with Gasteiger partial charge in [-0.2, -0.15) is 0 Å². The molecule has 1 aliphatic carbocycles. The molecule has 102 valence electrons. The van der Waals surface area contributed by atoms with Crippen molar-refractivity contribution in [3.8, 4) is 0 Å². The van der Waals surface area contributed by atoms with Gasteiger partial charge in [-0.25, -0.2) is 4.79 Å². The van der Waals surface area contributed by atoms with Gasteiger partial charge in [0.15, 0.2) is 0 Å². The molecule has 0 aromatic heterocycles. The molecule has 0 heterocycles. The maximum absolute atomic E-state index is 12.0. The minimum atomic E-state index is -0.977. The second-order valence-corrected chi connectivity index (χ2v) is 6.53. The number of nitrogens with one attached hydrogen (secondary N) is 1. The average Bonchev–Trinajstić information content (AvgIpc) is 3.10. The smallest absolute Gasteiger partial charge is 0.326 e. The van der Waals surface area contributed by atoms with Crippen LogP contribution in [0.25, 0.3) is 0 Å². The second kappa shape index (κ2) is 6.05. The first-order chi connectivity index (χ1) is 8.95. The summed E-state index contributed by atoms with van der Waals surface area (Å²) in [6.07, 6.45) is 2.63. The third kappa shape index (κ3) is 4.31. The van der Waals surface area contributed by atoms with Crippen LogP contribution in [0.1, 0.15) is 29.6 Å². The zero-order chi connectivity index (χ0) is 14.0. The van der Waals surface area contributed by atoms with Crippen molar-refractivity contribution in [1.29, 1.82) is 0 Å². The summed E-state index contributed by atoms with van der Waals surface area (Å²) in [4.78, 5) is 23.2. The van der Waals surface area contributed by atoms with Crippen LogP contribution in [-0.4, -0.2) is 23.0 Å². The molecule has 1 atom stereocenters. The molecule has 0 unspecified atom stereocenters. The molecule has 0 spiro atoms. The first-order valence-corrected chi connectivity index (χ1v) is 7.54. The molecular formula is C13H13Br2NO3. The Balaban J connectivity index is 2.07. The molecule has 2 N–H and O–H groups in total. The minimum Gasteiger partial charge on any atom is -0.480 e. The molecular weight excluding hydrogens is 378 g/mol. The van der Waals surface area contributed by atoms with E-state index in [2.05, 4.69) is 37.2 Å². The Morgan fingerprint density at radius 3 is 2.32 bits per heavy atom. The number of rotatable bonds is 5. The number of carbonyl (C=O) groups excluding carboxylic acids is 1. The van der Waals surface area contributed by atoms with Crippen molar-refractivity contribution in [2.45, 2.75) is 25.3 Å². The number of hydrogen-bond acceptors (Lipinski definition) is 2. The topological polar surface area (TPSA) is 66.4 Å². The van der Waals surface area contributed by atoms with E-state index in [-0.39, 0.29) is 5.91 Å². The van der Waals surface area contributed by atoms with Gasteiger partial charge in [-0.3, -0.25) is 4.79 Å². The van der Waals surface area contributed by atoms with Gasteiger partial charge in [-0.1, -0.05) is 44.7 Å². The van der Waals surface area contributed by atoms with E-state index in [0.717, 1.165) is 21.8 Å². The second-order valence-electron chi connectivity index (χ2n) is 4.70. The van der Waals surface area contributed by atoms with Gasteiger partial charge in [0.2, 0.25) is 0 Å². The molecule has 1 aromatic carbocycles. The minimum absolute atomic E-state index is 0.366. The first-order valence-electron chi connectivity index (χ1n) is 5.95. The molecule has 0 radical (unpaired) electrons. The fourth-order valence-electron chi connectivity index (χ4n) is 1.83. The van der Waals surface area contributed by atoms with Gasteiger partial charge >= 0.3 is 5.97 Å². The lowest BCUT2D eigenvalue weighted by atomic mass is 10.1. The zero-order valence-electron chi connectivity index (χ0n) is 10.0. The van der Waals surface area contributed by atoms with Crippen molar-refractivity contribution in [3.05, 3.63) is 32.7 Å². The maximum Gasteiger partial charge on any atom is 0.326 e. The molecule has 0 aliphatic heterocycles. The Labute approximate surface area is 127 Å². The fraction of sp³-hybridized carbons (Fsp3) is 0.385. The van der Waals surface area contributed by atoms with Crippen molar-refractivity contribution < 1.29 is 14.7 Å². The molecule has 1 aliphatic rings. The molecule has 0 bridgehead atoms. The summed E-state index contributed by atoms with van der Waals surface area (Å²) in [6.45, 7) is 0. The van der Waals surface area contributed by atoms with Gasteiger partial charge in [-0.05, 0) is 30.5 Å². The highest BCUT2D eigenvalue weighted by Gasteiger charge is 2.30. The standard InChI is InChI=1S/C13H13Br2NO3/c14-9-4-8(5-10(15)6-9)12(17)16-11(13(18)19)3-7-1-2-7/h4-7,11H,1-3H2,(H,16,17)(H,18,19)/t11-/m1/s1. The van der Waals surface area contributed by atoms with E-state index >= 15 is 0 Å². The fourth-order valence-corrected chi connectivity index (χ4v) is 3.13. The van der Waals surface area contributed by atoms with Gasteiger partial charge in [0, 0.05) is 14.5 Å². The number of carboxylic acid groups (broad SMARTS) is 1. The number of hydrogen-bond donors (Lipinski definition) is 2. The van der Waals surface area contributed by atoms with E-state index in [9.17, 15) is 9.59 Å². The van der Waals surface area contributed by atoms with E-state index in [1.807, 2.05) is 6.07 Å². The SMILES string of the molecule is O=C(N[C@H](CC1CC1)C(=O)O)c1cc(Br)cc(Br)c1. The Bertz CT molecular complexity index is 494. The highest BCUT2D eigenvalue weighted by Crippen LogP contribution is 2.33. The van der Waals surface area contributed by atoms with Crippen LogP contribution in [0, 0.1) is 5.92 Å². The normalized spacial score (nSPS) is 15.9. The number of amides is 1. The van der Waals surface area contributed by atoms with E-state index in [4.69, 9.17) is 5.11 Å². The molecule has 2 rings (SSSR count). The van der Waals surface area contributed by atoms with Gasteiger partial charge in [0.1, 0.15) is 6.04 Å². The average molecular weight is 391 g/mol. The number of benzene rings is 1. The van der Waals surface area contributed by atoms with E-state index in [0.29, 0.717) is 17.9 Å². The molecule has 1 aromatic rings. The Kier molecular flexibility index (Phi) is 4.62. The Hall–Kier alpha value is -0.880. The summed E-state index contributed by atoms with van der Waals surface area (Å²) >= 11 is 6.60. The molecule has 4 nitrogen and oxygen atoms in total. The molecule has 1 fully saturated rings. The lowest BCUT2D eigenvalue weighted by molar-refractivity contribution is -0.139. The quantitative estimate of drug-likeness (QED) is 0.811. The maximum atomic E-state index is 12.0. The monoisotopic (exact) mass is 389 g/mol. The van der Waals surface area contributed by atoms with Gasteiger partial charge < -0.3 is 10.4 Å². The van der Waals surface area contributed by atoms with Crippen LogP contribution in [0.2, 0.25) is 0 Å². The summed E-state index contributed by atoms with van der Waals surface area (Å²) in [5, 5.41) is 11.7.